The summed E-state index contributed by atoms with van der Waals surface area (Å²) in [5.41, 5.74) is 3.14. The summed E-state index contributed by atoms with van der Waals surface area (Å²) < 4.78 is 0. The number of amides is 2. The van der Waals surface area contributed by atoms with Crippen LogP contribution in [0.3, 0.4) is 0 Å². The Morgan fingerprint density at radius 3 is 2.65 bits per heavy atom. The van der Waals surface area contributed by atoms with Crippen molar-refractivity contribution >= 4 is 6.03 Å². The van der Waals surface area contributed by atoms with E-state index in [2.05, 4.69) is 15.6 Å². The van der Waals surface area contributed by atoms with Crippen LogP contribution < -0.4 is 10.6 Å². The molecule has 0 radical (unpaired) electrons. The van der Waals surface area contributed by atoms with Gasteiger partial charge in [0.15, 0.2) is 0 Å². The number of aryl methyl sites for hydroxylation is 1. The van der Waals surface area contributed by atoms with Gasteiger partial charge in [-0.2, -0.15) is 0 Å². The van der Waals surface area contributed by atoms with E-state index in [1.165, 1.54) is 5.56 Å². The summed E-state index contributed by atoms with van der Waals surface area (Å²) in [5, 5.41) is 5.74. The molecule has 0 bridgehead atoms. The van der Waals surface area contributed by atoms with Gasteiger partial charge in [0.2, 0.25) is 0 Å². The van der Waals surface area contributed by atoms with E-state index in [-0.39, 0.29) is 12.1 Å². The quantitative estimate of drug-likeness (QED) is 0.896. The topological polar surface area (TPSA) is 54.0 Å². The second-order valence-electron chi connectivity index (χ2n) is 4.73. The number of urea groups is 1. The number of nitrogens with one attached hydrogen (secondary N) is 2. The van der Waals surface area contributed by atoms with Crippen molar-refractivity contribution in [3.8, 4) is 0 Å². The van der Waals surface area contributed by atoms with Gasteiger partial charge in [-0.15, -0.1) is 0 Å². The Kier molecular flexibility index (Phi) is 4.71. The molecule has 0 aliphatic carbocycles. The minimum atomic E-state index is -0.189. The molecule has 1 aromatic carbocycles. The summed E-state index contributed by atoms with van der Waals surface area (Å²) >= 11 is 0. The van der Waals surface area contributed by atoms with Crippen LogP contribution in [-0.4, -0.2) is 11.0 Å². The molecule has 0 unspecified atom stereocenters. The highest BCUT2D eigenvalue weighted by Gasteiger charge is 2.09. The Bertz CT molecular complexity index is 569. The molecule has 2 N–H and O–H groups in total. The highest BCUT2D eigenvalue weighted by Crippen LogP contribution is 2.08. The zero-order valence-electron chi connectivity index (χ0n) is 11.8. The Labute approximate surface area is 119 Å². The predicted octanol–water partition coefficient (Wildman–Crippen LogP) is 2.95. The lowest BCUT2D eigenvalue weighted by Crippen LogP contribution is -2.37. The molecule has 2 amide bonds. The highest BCUT2D eigenvalue weighted by molar-refractivity contribution is 5.74. The average Bonchev–Trinajstić information content (AvgIpc) is 2.47. The molecule has 4 nitrogen and oxygen atoms in total. The first-order valence-corrected chi connectivity index (χ1v) is 6.66. The largest absolute Gasteiger partial charge is 0.334 e. The average molecular weight is 269 g/mol. The van der Waals surface area contributed by atoms with Crippen molar-refractivity contribution in [1.82, 2.24) is 15.6 Å². The van der Waals surface area contributed by atoms with Crippen LogP contribution in [-0.2, 0) is 6.54 Å². The van der Waals surface area contributed by atoms with Crippen molar-refractivity contribution in [2.75, 3.05) is 0 Å². The molecule has 0 saturated heterocycles. The first-order valence-electron chi connectivity index (χ1n) is 6.66. The van der Waals surface area contributed by atoms with Crippen molar-refractivity contribution < 1.29 is 4.79 Å². The van der Waals surface area contributed by atoms with Gasteiger partial charge in [0.05, 0.1) is 11.7 Å². The van der Waals surface area contributed by atoms with Crippen LogP contribution in [0.15, 0.2) is 48.7 Å². The smallest absolute Gasteiger partial charge is 0.315 e. The van der Waals surface area contributed by atoms with Gasteiger partial charge < -0.3 is 10.6 Å². The Morgan fingerprint density at radius 2 is 1.95 bits per heavy atom. The SMILES string of the molecule is Cc1ccccc1CNC(=O)N[C@H](C)c1ccccn1. The molecule has 1 atom stereocenters. The molecule has 20 heavy (non-hydrogen) atoms. The molecule has 0 fully saturated rings. The zero-order valence-corrected chi connectivity index (χ0v) is 11.8. The van der Waals surface area contributed by atoms with Gasteiger partial charge in [0, 0.05) is 12.7 Å². The number of carbonyl (C=O) groups is 1. The number of aromatic nitrogens is 1. The number of rotatable bonds is 4. The van der Waals surface area contributed by atoms with E-state index in [4.69, 9.17) is 0 Å². The molecular formula is C16H19N3O. The molecule has 0 aliphatic heterocycles. The molecule has 1 heterocycles. The lowest BCUT2D eigenvalue weighted by Gasteiger charge is -2.14. The second-order valence-corrected chi connectivity index (χ2v) is 4.73. The van der Waals surface area contributed by atoms with E-state index in [1.54, 1.807) is 6.20 Å². The predicted molar refractivity (Wildman–Crippen MR) is 79.2 cm³/mol. The van der Waals surface area contributed by atoms with Gasteiger partial charge in [-0.05, 0) is 37.1 Å². The van der Waals surface area contributed by atoms with E-state index >= 15 is 0 Å². The number of carbonyl (C=O) groups excluding carboxylic acids is 1. The van der Waals surface area contributed by atoms with Gasteiger partial charge >= 0.3 is 6.03 Å². The zero-order chi connectivity index (χ0) is 14.4. The van der Waals surface area contributed by atoms with Crippen LogP contribution >= 0.6 is 0 Å². The van der Waals surface area contributed by atoms with Gasteiger partial charge in [-0.1, -0.05) is 30.3 Å². The third-order valence-electron chi connectivity index (χ3n) is 3.18. The van der Waals surface area contributed by atoms with Gasteiger partial charge in [-0.25, -0.2) is 4.79 Å². The van der Waals surface area contributed by atoms with Gasteiger partial charge in [0.25, 0.3) is 0 Å². The van der Waals surface area contributed by atoms with Crippen molar-refractivity contribution in [3.05, 3.63) is 65.5 Å². The van der Waals surface area contributed by atoms with E-state index in [0.29, 0.717) is 6.54 Å². The number of pyridine rings is 1. The van der Waals surface area contributed by atoms with Crippen LogP contribution in [0.25, 0.3) is 0 Å². The maximum absolute atomic E-state index is 11.9. The van der Waals surface area contributed by atoms with Crippen molar-refractivity contribution in [3.63, 3.8) is 0 Å². The lowest BCUT2D eigenvalue weighted by atomic mass is 10.1. The fourth-order valence-corrected chi connectivity index (χ4v) is 1.94. The van der Waals surface area contributed by atoms with E-state index in [1.807, 2.05) is 56.3 Å². The van der Waals surface area contributed by atoms with Crippen molar-refractivity contribution in [1.29, 1.82) is 0 Å². The summed E-state index contributed by atoms with van der Waals surface area (Å²) in [6.07, 6.45) is 1.72. The lowest BCUT2D eigenvalue weighted by molar-refractivity contribution is 0.237. The van der Waals surface area contributed by atoms with Crippen LogP contribution in [0.5, 0.6) is 0 Å². The monoisotopic (exact) mass is 269 g/mol. The molecule has 0 aliphatic rings. The van der Waals surface area contributed by atoms with Gasteiger partial charge in [-0.3, -0.25) is 4.98 Å². The highest BCUT2D eigenvalue weighted by atomic mass is 16.2. The van der Waals surface area contributed by atoms with E-state index in [9.17, 15) is 4.79 Å². The summed E-state index contributed by atoms with van der Waals surface area (Å²) in [4.78, 5) is 16.1. The Morgan fingerprint density at radius 1 is 1.20 bits per heavy atom. The van der Waals surface area contributed by atoms with E-state index < -0.39 is 0 Å². The van der Waals surface area contributed by atoms with Crippen LogP contribution in [0.4, 0.5) is 4.79 Å². The Balaban J connectivity index is 1.86. The fourth-order valence-electron chi connectivity index (χ4n) is 1.94. The first-order chi connectivity index (χ1) is 9.66. The molecule has 1 aromatic heterocycles. The fraction of sp³-hybridized carbons (Fsp3) is 0.250. The maximum Gasteiger partial charge on any atom is 0.315 e. The first kappa shape index (κ1) is 14.1. The number of benzene rings is 1. The molecule has 2 aromatic rings. The summed E-state index contributed by atoms with van der Waals surface area (Å²) in [6.45, 7) is 4.47. The third kappa shape index (κ3) is 3.82. The number of hydrogen-bond donors (Lipinski definition) is 2. The second kappa shape index (κ2) is 6.70. The van der Waals surface area contributed by atoms with Crippen molar-refractivity contribution in [2.45, 2.75) is 26.4 Å². The number of hydrogen-bond acceptors (Lipinski definition) is 2. The summed E-state index contributed by atoms with van der Waals surface area (Å²) in [5.74, 6) is 0. The standard InChI is InChI=1S/C16H19N3O/c1-12-7-3-4-8-14(12)11-18-16(20)19-13(2)15-9-5-6-10-17-15/h3-10,13H,11H2,1-2H3,(H2,18,19,20)/t13-/m1/s1. The molecule has 104 valence electrons. The van der Waals surface area contributed by atoms with E-state index in [0.717, 1.165) is 11.3 Å². The summed E-state index contributed by atoms with van der Waals surface area (Å²) in [7, 11) is 0. The van der Waals surface area contributed by atoms with Crippen LogP contribution in [0, 0.1) is 6.92 Å². The molecule has 0 saturated carbocycles. The minimum absolute atomic E-state index is 0.118. The normalized spacial score (nSPS) is 11.7. The maximum atomic E-state index is 11.9. The molecule has 2 rings (SSSR count). The van der Waals surface area contributed by atoms with Gasteiger partial charge in [0.1, 0.15) is 0 Å². The summed E-state index contributed by atoms with van der Waals surface area (Å²) in [6, 6.07) is 13.4. The van der Waals surface area contributed by atoms with Crippen molar-refractivity contribution in [2.24, 2.45) is 0 Å². The van der Waals surface area contributed by atoms with Crippen LogP contribution in [0.1, 0.15) is 29.8 Å². The molecule has 4 heteroatoms. The van der Waals surface area contributed by atoms with Crippen LogP contribution in [0.2, 0.25) is 0 Å². The Hall–Kier alpha value is -2.36. The molecule has 0 spiro atoms. The molecular weight excluding hydrogens is 250 g/mol. The number of nitrogens with zero attached hydrogens (tertiary/aromatic N) is 1. The third-order valence-corrected chi connectivity index (χ3v) is 3.18. The minimum Gasteiger partial charge on any atom is -0.334 e.